The molecule has 148 valence electrons. The van der Waals surface area contributed by atoms with Gasteiger partial charge in [0, 0.05) is 40.4 Å². The maximum Gasteiger partial charge on any atom is 0.0466 e. The number of fused-ring (bicyclic) bond motifs is 1. The summed E-state index contributed by atoms with van der Waals surface area (Å²) in [5, 5.41) is 0. The van der Waals surface area contributed by atoms with E-state index in [0.29, 0.717) is 0 Å². The highest BCUT2D eigenvalue weighted by atomic mass is 15.2. The van der Waals surface area contributed by atoms with Gasteiger partial charge < -0.3 is 9.80 Å². The highest BCUT2D eigenvalue weighted by Crippen LogP contribution is 2.49. The molecule has 0 saturated carbocycles. The fourth-order valence-electron chi connectivity index (χ4n) is 4.23. The average Bonchev–Trinajstić information content (AvgIpc) is 2.90. The molecule has 1 aliphatic heterocycles. The second-order valence-corrected chi connectivity index (χ2v) is 8.52. The van der Waals surface area contributed by atoms with Crippen molar-refractivity contribution in [2.24, 2.45) is 0 Å². The van der Waals surface area contributed by atoms with Crippen LogP contribution in [-0.2, 0) is 5.41 Å². The van der Waals surface area contributed by atoms with E-state index in [2.05, 4.69) is 118 Å². The smallest absolute Gasteiger partial charge is 0.0466 e. The van der Waals surface area contributed by atoms with Crippen molar-refractivity contribution >= 4 is 22.7 Å². The van der Waals surface area contributed by atoms with E-state index in [1.807, 2.05) is 0 Å². The number of aryl methyl sites for hydroxylation is 2. The molecule has 1 heterocycles. The fraction of sp³-hybridized carbons (Fsp3) is 0.259. The minimum Gasteiger partial charge on any atom is -0.345 e. The molecule has 3 aromatic rings. The van der Waals surface area contributed by atoms with Gasteiger partial charge in [-0.25, -0.2) is 0 Å². The number of likely N-dealkylation sites (N-methyl/N-ethyl adjacent to an activating group) is 1. The molecule has 0 atom stereocenters. The molecule has 0 N–H and O–H groups in total. The van der Waals surface area contributed by atoms with Crippen molar-refractivity contribution in [2.45, 2.75) is 40.0 Å². The molecule has 0 bridgehead atoms. The van der Waals surface area contributed by atoms with Gasteiger partial charge in [-0.1, -0.05) is 55.8 Å². The lowest BCUT2D eigenvalue weighted by Gasteiger charge is -2.27. The van der Waals surface area contributed by atoms with Gasteiger partial charge in [-0.3, -0.25) is 0 Å². The Balaban J connectivity index is 1.88. The first-order chi connectivity index (χ1) is 13.8. The zero-order valence-electron chi connectivity index (χ0n) is 18.2. The van der Waals surface area contributed by atoms with Crippen LogP contribution in [0.1, 0.15) is 37.5 Å². The van der Waals surface area contributed by atoms with Gasteiger partial charge >= 0.3 is 0 Å². The summed E-state index contributed by atoms with van der Waals surface area (Å²) < 4.78 is 0. The molecule has 1 aliphatic rings. The lowest BCUT2D eigenvalue weighted by molar-refractivity contribution is 0.636. The van der Waals surface area contributed by atoms with Crippen LogP contribution >= 0.6 is 0 Å². The standard InChI is InChI=1S/C27H30N2/c1-7-28-21(4)27(5,6)25-18-24(16-17-26(25)28)29(22-12-8-19(2)9-13-22)23-14-10-20(3)11-15-23/h8-18H,4,7H2,1-3,5-6H3. The maximum atomic E-state index is 4.40. The molecule has 4 rings (SSSR count). The van der Waals surface area contributed by atoms with Crippen LogP contribution in [0, 0.1) is 13.8 Å². The number of nitrogens with zero attached hydrogens (tertiary/aromatic N) is 2. The van der Waals surface area contributed by atoms with Crippen LogP contribution < -0.4 is 9.80 Å². The van der Waals surface area contributed by atoms with Gasteiger partial charge in [0.2, 0.25) is 0 Å². The molecule has 0 unspecified atom stereocenters. The summed E-state index contributed by atoms with van der Waals surface area (Å²) >= 11 is 0. The third-order valence-electron chi connectivity index (χ3n) is 6.15. The van der Waals surface area contributed by atoms with E-state index in [-0.39, 0.29) is 5.41 Å². The molecule has 0 radical (unpaired) electrons. The van der Waals surface area contributed by atoms with Crippen molar-refractivity contribution in [3.8, 4) is 0 Å². The van der Waals surface area contributed by atoms with Crippen molar-refractivity contribution in [1.29, 1.82) is 0 Å². The van der Waals surface area contributed by atoms with E-state index >= 15 is 0 Å². The van der Waals surface area contributed by atoms with Gasteiger partial charge in [0.1, 0.15) is 0 Å². The summed E-state index contributed by atoms with van der Waals surface area (Å²) in [6, 6.07) is 24.3. The quantitative estimate of drug-likeness (QED) is 0.464. The van der Waals surface area contributed by atoms with Gasteiger partial charge in [0.05, 0.1) is 0 Å². The van der Waals surface area contributed by atoms with Crippen LogP contribution in [0.5, 0.6) is 0 Å². The monoisotopic (exact) mass is 382 g/mol. The minimum absolute atomic E-state index is 0.0758. The van der Waals surface area contributed by atoms with Crippen LogP contribution in [0.2, 0.25) is 0 Å². The highest BCUT2D eigenvalue weighted by molar-refractivity contribution is 5.81. The Kier molecular flexibility index (Phi) is 4.74. The molecule has 0 saturated heterocycles. The maximum absolute atomic E-state index is 4.40. The summed E-state index contributed by atoms with van der Waals surface area (Å²) in [7, 11) is 0. The van der Waals surface area contributed by atoms with Crippen LogP contribution in [0.3, 0.4) is 0 Å². The lowest BCUT2D eigenvalue weighted by atomic mass is 9.84. The predicted molar refractivity (Wildman–Crippen MR) is 126 cm³/mol. The molecular weight excluding hydrogens is 352 g/mol. The van der Waals surface area contributed by atoms with Gasteiger partial charge in [-0.2, -0.15) is 0 Å². The molecule has 0 aliphatic carbocycles. The summed E-state index contributed by atoms with van der Waals surface area (Å²) in [6.45, 7) is 16.3. The van der Waals surface area contributed by atoms with E-state index in [9.17, 15) is 0 Å². The zero-order chi connectivity index (χ0) is 20.8. The SMILES string of the molecule is C=C1N(CC)c2ccc(N(c3ccc(C)cc3)c3ccc(C)cc3)cc2C1(C)C. The largest absolute Gasteiger partial charge is 0.345 e. The van der Waals surface area contributed by atoms with Crippen molar-refractivity contribution in [3.05, 3.63) is 95.7 Å². The number of hydrogen-bond acceptors (Lipinski definition) is 2. The van der Waals surface area contributed by atoms with Gasteiger partial charge in [0.25, 0.3) is 0 Å². The third-order valence-corrected chi connectivity index (χ3v) is 6.15. The van der Waals surface area contributed by atoms with E-state index in [0.717, 1.165) is 6.54 Å². The molecule has 29 heavy (non-hydrogen) atoms. The van der Waals surface area contributed by atoms with Gasteiger partial charge in [0.15, 0.2) is 0 Å². The minimum atomic E-state index is -0.0758. The number of rotatable bonds is 4. The second kappa shape index (κ2) is 7.11. The van der Waals surface area contributed by atoms with Crippen LogP contribution in [0.25, 0.3) is 0 Å². The zero-order valence-corrected chi connectivity index (χ0v) is 18.2. The van der Waals surface area contributed by atoms with Crippen LogP contribution in [-0.4, -0.2) is 6.54 Å². The molecule has 0 aromatic heterocycles. The summed E-state index contributed by atoms with van der Waals surface area (Å²) in [4.78, 5) is 4.67. The first kappa shape index (κ1) is 19.3. The Hall–Kier alpha value is -3.00. The Labute approximate surface area is 175 Å². The molecule has 2 heteroatoms. The van der Waals surface area contributed by atoms with Crippen molar-refractivity contribution in [1.82, 2.24) is 0 Å². The topological polar surface area (TPSA) is 6.48 Å². The number of hydrogen-bond donors (Lipinski definition) is 0. The number of anilines is 4. The third kappa shape index (κ3) is 3.23. The number of allylic oxidation sites excluding steroid dienone is 1. The Morgan fingerprint density at radius 2 is 1.28 bits per heavy atom. The Morgan fingerprint density at radius 1 is 0.793 bits per heavy atom. The predicted octanol–water partition coefficient (Wildman–Crippen LogP) is 7.40. The normalized spacial score (nSPS) is 14.8. The number of benzene rings is 3. The van der Waals surface area contributed by atoms with Crippen LogP contribution in [0.4, 0.5) is 22.7 Å². The van der Waals surface area contributed by atoms with Gasteiger partial charge in [-0.05, 0) is 68.8 Å². The summed E-state index contributed by atoms with van der Waals surface area (Å²) in [5.74, 6) is 0. The lowest BCUT2D eigenvalue weighted by Crippen LogP contribution is -2.24. The molecule has 0 spiro atoms. The van der Waals surface area contributed by atoms with Crippen molar-refractivity contribution < 1.29 is 0 Å². The molecule has 3 aromatic carbocycles. The van der Waals surface area contributed by atoms with Crippen LogP contribution in [0.15, 0.2) is 79.0 Å². The summed E-state index contributed by atoms with van der Waals surface area (Å²) in [5.41, 5.74) is 9.76. The van der Waals surface area contributed by atoms with E-state index in [1.165, 1.54) is 45.1 Å². The van der Waals surface area contributed by atoms with E-state index in [4.69, 9.17) is 0 Å². The first-order valence-electron chi connectivity index (χ1n) is 10.4. The van der Waals surface area contributed by atoms with Crippen molar-refractivity contribution in [3.63, 3.8) is 0 Å². The van der Waals surface area contributed by atoms with Gasteiger partial charge in [-0.15, -0.1) is 0 Å². The summed E-state index contributed by atoms with van der Waals surface area (Å²) in [6.07, 6.45) is 0. The second-order valence-electron chi connectivity index (χ2n) is 8.52. The van der Waals surface area contributed by atoms with Crippen molar-refractivity contribution in [2.75, 3.05) is 16.3 Å². The molecule has 2 nitrogen and oxygen atoms in total. The molecule has 0 amide bonds. The highest BCUT2D eigenvalue weighted by Gasteiger charge is 2.38. The fourth-order valence-corrected chi connectivity index (χ4v) is 4.23. The average molecular weight is 383 g/mol. The van der Waals surface area contributed by atoms with E-state index in [1.54, 1.807) is 0 Å². The Morgan fingerprint density at radius 3 is 1.76 bits per heavy atom. The first-order valence-corrected chi connectivity index (χ1v) is 10.4. The molecular formula is C27H30N2. The Bertz CT molecular complexity index is 997. The van der Waals surface area contributed by atoms with E-state index < -0.39 is 0 Å². The molecule has 0 fully saturated rings.